The molecule has 0 aliphatic carbocycles. The van der Waals surface area contributed by atoms with Crippen LogP contribution in [0.25, 0.3) is 5.69 Å². The summed E-state index contributed by atoms with van der Waals surface area (Å²) in [6, 6.07) is 10.6. The molecule has 4 nitrogen and oxygen atoms in total. The molecule has 0 saturated heterocycles. The third kappa shape index (κ3) is 3.96. The van der Waals surface area contributed by atoms with Crippen molar-refractivity contribution < 1.29 is 9.18 Å². The average molecular weight is 386 g/mol. The molecule has 0 aliphatic heterocycles. The van der Waals surface area contributed by atoms with E-state index in [4.69, 9.17) is 0 Å². The third-order valence-electron chi connectivity index (χ3n) is 4.78. The number of rotatable bonds is 6. The molecule has 1 amide bonds. The van der Waals surface area contributed by atoms with Crippen LogP contribution in [0.2, 0.25) is 0 Å². The second-order valence-corrected chi connectivity index (χ2v) is 7.60. The van der Waals surface area contributed by atoms with Crippen LogP contribution in [0.5, 0.6) is 0 Å². The number of thiophene rings is 1. The average Bonchev–Trinajstić information content (AvgIpc) is 3.24. The zero-order chi connectivity index (χ0) is 19.6. The molecule has 1 atom stereocenters. The van der Waals surface area contributed by atoms with E-state index in [0.29, 0.717) is 17.8 Å². The van der Waals surface area contributed by atoms with Gasteiger partial charge in [0.05, 0.1) is 17.3 Å². The lowest BCUT2D eigenvalue weighted by Gasteiger charge is -2.24. The Bertz CT molecular complexity index is 931. The van der Waals surface area contributed by atoms with Crippen LogP contribution in [-0.2, 0) is 0 Å². The Morgan fingerprint density at radius 3 is 2.63 bits per heavy atom. The molecule has 2 aromatic heterocycles. The number of aryl methyl sites for hydroxylation is 1. The van der Waals surface area contributed by atoms with E-state index in [2.05, 4.69) is 21.7 Å². The Labute approximate surface area is 163 Å². The predicted octanol–water partition coefficient (Wildman–Crippen LogP) is 4.33. The molecule has 1 aromatic carbocycles. The number of likely N-dealkylation sites (N-methyl/N-ethyl adjacent to an activating group) is 1. The standard InChI is InChI=1S/C21H24FN3OS/c1-14-11-17(15(2)25(14)19-8-6-5-7-18(19)22)21(26)23-12-20(24(3)4)16-9-10-27-13-16/h5-11,13,20H,12H2,1-4H3,(H,23,26). The van der Waals surface area contributed by atoms with Crippen LogP contribution in [-0.4, -0.2) is 36.0 Å². The van der Waals surface area contributed by atoms with E-state index in [1.165, 1.54) is 11.6 Å². The normalized spacial score (nSPS) is 12.4. The summed E-state index contributed by atoms with van der Waals surface area (Å²) in [4.78, 5) is 14.9. The number of para-hydroxylation sites is 1. The highest BCUT2D eigenvalue weighted by Gasteiger charge is 2.20. The van der Waals surface area contributed by atoms with Crippen LogP contribution in [0.15, 0.2) is 47.2 Å². The first-order valence-corrected chi connectivity index (χ1v) is 9.75. The van der Waals surface area contributed by atoms with Crippen molar-refractivity contribution in [2.24, 2.45) is 0 Å². The van der Waals surface area contributed by atoms with Crippen molar-refractivity contribution in [1.82, 2.24) is 14.8 Å². The van der Waals surface area contributed by atoms with Crippen molar-refractivity contribution in [2.75, 3.05) is 20.6 Å². The highest BCUT2D eigenvalue weighted by atomic mass is 32.1. The van der Waals surface area contributed by atoms with Crippen molar-refractivity contribution >= 4 is 17.2 Å². The van der Waals surface area contributed by atoms with Gasteiger partial charge >= 0.3 is 0 Å². The van der Waals surface area contributed by atoms with Crippen LogP contribution in [0, 0.1) is 19.7 Å². The summed E-state index contributed by atoms with van der Waals surface area (Å²) in [5, 5.41) is 7.17. The van der Waals surface area contributed by atoms with Gasteiger partial charge in [0.2, 0.25) is 0 Å². The van der Waals surface area contributed by atoms with Gasteiger partial charge in [0.15, 0.2) is 0 Å². The Balaban J connectivity index is 1.82. The topological polar surface area (TPSA) is 37.3 Å². The molecule has 1 N–H and O–H groups in total. The number of nitrogens with one attached hydrogen (secondary N) is 1. The summed E-state index contributed by atoms with van der Waals surface area (Å²) >= 11 is 1.64. The fourth-order valence-electron chi connectivity index (χ4n) is 3.34. The van der Waals surface area contributed by atoms with Gasteiger partial charge in [0, 0.05) is 17.9 Å². The van der Waals surface area contributed by atoms with Crippen molar-refractivity contribution in [3.05, 3.63) is 75.5 Å². The fourth-order valence-corrected chi connectivity index (χ4v) is 4.05. The quantitative estimate of drug-likeness (QED) is 0.686. The maximum Gasteiger partial charge on any atom is 0.253 e. The first-order valence-electron chi connectivity index (χ1n) is 8.80. The van der Waals surface area contributed by atoms with E-state index in [1.54, 1.807) is 34.1 Å². The number of benzene rings is 1. The minimum absolute atomic E-state index is 0.107. The van der Waals surface area contributed by atoms with Gasteiger partial charge in [-0.25, -0.2) is 4.39 Å². The molecule has 0 spiro atoms. The first-order chi connectivity index (χ1) is 12.9. The van der Waals surface area contributed by atoms with Crippen LogP contribution in [0.3, 0.4) is 0 Å². The lowest BCUT2D eigenvalue weighted by atomic mass is 10.1. The van der Waals surface area contributed by atoms with Gasteiger partial charge in [-0.05, 0) is 68.5 Å². The smallest absolute Gasteiger partial charge is 0.253 e. The second kappa shape index (κ2) is 8.06. The first kappa shape index (κ1) is 19.3. The highest BCUT2D eigenvalue weighted by Crippen LogP contribution is 2.24. The molecule has 0 bridgehead atoms. The SMILES string of the molecule is Cc1cc(C(=O)NCC(c2ccsc2)N(C)C)c(C)n1-c1ccccc1F. The number of aromatic nitrogens is 1. The number of carbonyl (C=O) groups is 1. The van der Waals surface area contributed by atoms with Crippen LogP contribution < -0.4 is 5.32 Å². The van der Waals surface area contributed by atoms with E-state index in [1.807, 2.05) is 39.4 Å². The summed E-state index contributed by atoms with van der Waals surface area (Å²) in [5.74, 6) is -0.454. The number of halogens is 1. The Morgan fingerprint density at radius 1 is 1.26 bits per heavy atom. The molecular formula is C21H24FN3OS. The Morgan fingerprint density at radius 2 is 2.00 bits per heavy atom. The van der Waals surface area contributed by atoms with E-state index >= 15 is 0 Å². The highest BCUT2D eigenvalue weighted by molar-refractivity contribution is 7.07. The number of nitrogens with zero attached hydrogens (tertiary/aromatic N) is 2. The molecule has 0 aliphatic rings. The van der Waals surface area contributed by atoms with Crippen molar-refractivity contribution in [3.63, 3.8) is 0 Å². The molecule has 0 fully saturated rings. The minimum atomic E-state index is -0.309. The van der Waals surface area contributed by atoms with E-state index < -0.39 is 0 Å². The van der Waals surface area contributed by atoms with Gasteiger partial charge in [0.25, 0.3) is 5.91 Å². The Kier molecular flexibility index (Phi) is 5.77. The van der Waals surface area contributed by atoms with Gasteiger partial charge in [-0.2, -0.15) is 11.3 Å². The molecule has 3 aromatic rings. The lowest BCUT2D eigenvalue weighted by Crippen LogP contribution is -2.34. The maximum absolute atomic E-state index is 14.2. The third-order valence-corrected chi connectivity index (χ3v) is 5.48. The Hall–Kier alpha value is -2.44. The molecule has 2 heterocycles. The van der Waals surface area contributed by atoms with Gasteiger partial charge in [-0.3, -0.25) is 4.79 Å². The lowest BCUT2D eigenvalue weighted by molar-refractivity contribution is 0.0941. The molecule has 142 valence electrons. The van der Waals surface area contributed by atoms with E-state index in [0.717, 1.165) is 11.4 Å². The minimum Gasteiger partial charge on any atom is -0.350 e. The van der Waals surface area contributed by atoms with E-state index in [-0.39, 0.29) is 17.8 Å². The molecular weight excluding hydrogens is 361 g/mol. The molecule has 0 saturated carbocycles. The molecule has 3 rings (SSSR count). The predicted molar refractivity (Wildman–Crippen MR) is 108 cm³/mol. The number of hydrogen-bond donors (Lipinski definition) is 1. The second-order valence-electron chi connectivity index (χ2n) is 6.82. The van der Waals surface area contributed by atoms with Crippen molar-refractivity contribution in [2.45, 2.75) is 19.9 Å². The van der Waals surface area contributed by atoms with Gasteiger partial charge in [0.1, 0.15) is 5.82 Å². The van der Waals surface area contributed by atoms with Crippen molar-refractivity contribution in [3.8, 4) is 5.69 Å². The van der Waals surface area contributed by atoms with Crippen molar-refractivity contribution in [1.29, 1.82) is 0 Å². The molecule has 27 heavy (non-hydrogen) atoms. The number of carbonyl (C=O) groups excluding carboxylic acids is 1. The van der Waals surface area contributed by atoms with Gasteiger partial charge < -0.3 is 14.8 Å². The zero-order valence-corrected chi connectivity index (χ0v) is 16.8. The fraction of sp³-hybridized carbons (Fsp3) is 0.286. The van der Waals surface area contributed by atoms with Gasteiger partial charge in [-0.1, -0.05) is 12.1 Å². The molecule has 6 heteroatoms. The van der Waals surface area contributed by atoms with Crippen LogP contribution >= 0.6 is 11.3 Å². The summed E-state index contributed by atoms with van der Waals surface area (Å²) < 4.78 is 16.0. The summed E-state index contributed by atoms with van der Waals surface area (Å²) in [6.45, 7) is 4.23. The summed E-state index contributed by atoms with van der Waals surface area (Å²) in [7, 11) is 4.00. The molecule has 0 radical (unpaired) electrons. The number of amides is 1. The monoisotopic (exact) mass is 385 g/mol. The van der Waals surface area contributed by atoms with Gasteiger partial charge in [-0.15, -0.1) is 0 Å². The molecule has 1 unspecified atom stereocenters. The van der Waals surface area contributed by atoms with Crippen LogP contribution in [0.4, 0.5) is 4.39 Å². The largest absolute Gasteiger partial charge is 0.350 e. The van der Waals surface area contributed by atoms with Crippen LogP contribution in [0.1, 0.15) is 33.4 Å². The summed E-state index contributed by atoms with van der Waals surface area (Å²) in [5.41, 5.74) is 3.76. The number of hydrogen-bond acceptors (Lipinski definition) is 3. The zero-order valence-electron chi connectivity index (χ0n) is 16.0. The maximum atomic E-state index is 14.2. The van der Waals surface area contributed by atoms with E-state index in [9.17, 15) is 9.18 Å². The summed E-state index contributed by atoms with van der Waals surface area (Å²) in [6.07, 6.45) is 0.